The zero-order chi connectivity index (χ0) is 12.0. The molecular formula is C10H16N4O2. The van der Waals surface area contributed by atoms with Crippen molar-refractivity contribution in [3.63, 3.8) is 0 Å². The minimum atomic E-state index is -0.454. The molecular weight excluding hydrogens is 208 g/mol. The molecule has 0 saturated carbocycles. The van der Waals surface area contributed by atoms with Crippen molar-refractivity contribution in [2.24, 2.45) is 4.99 Å². The van der Waals surface area contributed by atoms with Gasteiger partial charge in [0.05, 0.1) is 6.54 Å². The maximum Gasteiger partial charge on any atom is 0.344 e. The van der Waals surface area contributed by atoms with Crippen LogP contribution in [-0.4, -0.2) is 42.9 Å². The summed E-state index contributed by atoms with van der Waals surface area (Å²) in [4.78, 5) is 27.6. The monoisotopic (exact) mass is 224 g/mol. The molecule has 0 radical (unpaired) electrons. The summed E-state index contributed by atoms with van der Waals surface area (Å²) in [5.41, 5.74) is 0. The number of allylic oxidation sites excluding steroid dienone is 1. The predicted octanol–water partition coefficient (Wildman–Crippen LogP) is 0.0798. The Hall–Kier alpha value is -1.85. The van der Waals surface area contributed by atoms with Crippen molar-refractivity contribution < 1.29 is 9.59 Å². The Balaban J connectivity index is 2.41. The van der Waals surface area contributed by atoms with Crippen LogP contribution in [0.15, 0.2) is 17.1 Å². The van der Waals surface area contributed by atoms with Gasteiger partial charge in [0, 0.05) is 13.6 Å². The van der Waals surface area contributed by atoms with Gasteiger partial charge in [-0.15, -0.1) is 0 Å². The zero-order valence-electron chi connectivity index (χ0n) is 9.49. The third-order valence-corrected chi connectivity index (χ3v) is 1.97. The highest BCUT2D eigenvalue weighted by molar-refractivity contribution is 6.07. The number of likely N-dealkylation sites (N-methyl/N-ethyl adjacent to an activating group) is 1. The van der Waals surface area contributed by atoms with E-state index in [2.05, 4.69) is 15.6 Å². The third-order valence-electron chi connectivity index (χ3n) is 1.97. The Kier molecular flexibility index (Phi) is 4.50. The van der Waals surface area contributed by atoms with Crippen LogP contribution >= 0.6 is 0 Å². The van der Waals surface area contributed by atoms with E-state index in [1.165, 1.54) is 0 Å². The second-order valence-electron chi connectivity index (χ2n) is 3.41. The number of carbonyl (C=O) groups excluding carboxylic acids is 2. The van der Waals surface area contributed by atoms with Crippen molar-refractivity contribution in [2.75, 3.05) is 20.1 Å². The van der Waals surface area contributed by atoms with E-state index < -0.39 is 6.03 Å². The lowest BCUT2D eigenvalue weighted by Gasteiger charge is -2.07. The van der Waals surface area contributed by atoms with Gasteiger partial charge in [-0.05, 0) is 6.42 Å². The van der Waals surface area contributed by atoms with Gasteiger partial charge in [0.2, 0.25) is 11.9 Å². The van der Waals surface area contributed by atoms with Gasteiger partial charge in [-0.1, -0.05) is 19.1 Å². The van der Waals surface area contributed by atoms with Crippen LogP contribution in [0.4, 0.5) is 4.79 Å². The number of carbonyl (C=O) groups is 2. The summed E-state index contributed by atoms with van der Waals surface area (Å²) in [6.07, 6.45) is 4.75. The minimum Gasteiger partial charge on any atom is -0.336 e. The summed E-state index contributed by atoms with van der Waals surface area (Å²) in [6, 6.07) is -0.454. The third kappa shape index (κ3) is 3.72. The highest BCUT2D eigenvalue weighted by Gasteiger charge is 2.21. The molecule has 1 heterocycles. The van der Waals surface area contributed by atoms with Crippen LogP contribution in [0.2, 0.25) is 0 Å². The Bertz CT molecular complexity index is 336. The Morgan fingerprint density at radius 2 is 2.38 bits per heavy atom. The Morgan fingerprint density at radius 1 is 1.62 bits per heavy atom. The molecule has 16 heavy (non-hydrogen) atoms. The Labute approximate surface area is 94.4 Å². The van der Waals surface area contributed by atoms with Crippen molar-refractivity contribution in [2.45, 2.75) is 13.3 Å². The normalized spacial score (nSPS) is 18.2. The number of hydrogen-bond acceptors (Lipinski definition) is 2. The molecule has 1 saturated heterocycles. The number of nitrogens with one attached hydrogen (secondary N) is 2. The number of amides is 3. The van der Waals surface area contributed by atoms with Crippen molar-refractivity contribution >= 4 is 17.9 Å². The van der Waals surface area contributed by atoms with Gasteiger partial charge in [0.15, 0.2) is 0 Å². The van der Waals surface area contributed by atoms with Crippen molar-refractivity contribution in [3.05, 3.63) is 12.2 Å². The quantitative estimate of drug-likeness (QED) is 0.667. The summed E-state index contributed by atoms with van der Waals surface area (Å²) < 4.78 is 0. The number of nitrogens with zero attached hydrogens (tertiary/aromatic N) is 2. The molecule has 1 aliphatic heterocycles. The van der Waals surface area contributed by atoms with Crippen molar-refractivity contribution in [1.29, 1.82) is 0 Å². The molecule has 1 rings (SSSR count). The van der Waals surface area contributed by atoms with Crippen LogP contribution in [0.3, 0.4) is 0 Å². The van der Waals surface area contributed by atoms with E-state index in [-0.39, 0.29) is 12.5 Å². The topological polar surface area (TPSA) is 73.8 Å². The first-order valence-corrected chi connectivity index (χ1v) is 5.16. The molecule has 1 aliphatic rings. The highest BCUT2D eigenvalue weighted by Crippen LogP contribution is 1.94. The maximum absolute atomic E-state index is 11.3. The number of urea groups is 1. The highest BCUT2D eigenvalue weighted by atomic mass is 16.2. The molecule has 6 nitrogen and oxygen atoms in total. The van der Waals surface area contributed by atoms with E-state index in [1.807, 2.05) is 19.1 Å². The van der Waals surface area contributed by atoms with E-state index in [0.29, 0.717) is 12.5 Å². The van der Waals surface area contributed by atoms with Gasteiger partial charge in [0.1, 0.15) is 0 Å². The molecule has 6 heteroatoms. The van der Waals surface area contributed by atoms with Gasteiger partial charge in [-0.2, -0.15) is 4.99 Å². The molecule has 0 aromatic carbocycles. The predicted molar refractivity (Wildman–Crippen MR) is 61.0 cm³/mol. The summed E-state index contributed by atoms with van der Waals surface area (Å²) in [5, 5.41) is 5.08. The molecule has 0 atom stereocenters. The molecule has 0 aromatic heterocycles. The largest absolute Gasteiger partial charge is 0.344 e. The first kappa shape index (κ1) is 12.2. The van der Waals surface area contributed by atoms with Crippen LogP contribution in [0, 0.1) is 0 Å². The number of guanidine groups is 1. The summed E-state index contributed by atoms with van der Waals surface area (Å²) in [5.74, 6) is 0.141. The SMILES string of the molecule is CCC=CCNC(=O)N=C1NC(=O)CN1C. The molecule has 0 aliphatic carbocycles. The van der Waals surface area contributed by atoms with Gasteiger partial charge in [-0.3, -0.25) is 10.1 Å². The first-order chi connectivity index (χ1) is 7.63. The molecule has 0 unspecified atom stereocenters. The second-order valence-corrected chi connectivity index (χ2v) is 3.41. The van der Waals surface area contributed by atoms with Gasteiger partial charge < -0.3 is 10.2 Å². The average Bonchev–Trinajstić information content (AvgIpc) is 2.52. The fraction of sp³-hybridized carbons (Fsp3) is 0.500. The van der Waals surface area contributed by atoms with E-state index in [9.17, 15) is 9.59 Å². The smallest absolute Gasteiger partial charge is 0.336 e. The van der Waals surface area contributed by atoms with Crippen LogP contribution in [0.1, 0.15) is 13.3 Å². The fourth-order valence-electron chi connectivity index (χ4n) is 1.20. The van der Waals surface area contributed by atoms with Crippen LogP contribution < -0.4 is 10.6 Å². The standard InChI is InChI=1S/C10H16N4O2/c1-3-4-5-6-11-10(16)13-9-12-8(15)7-14(9)2/h4-5H,3,6-7H2,1-2H3,(H2,11,12,13,15,16). The van der Waals surface area contributed by atoms with Crippen LogP contribution in [-0.2, 0) is 4.79 Å². The molecule has 3 amide bonds. The average molecular weight is 224 g/mol. The Morgan fingerprint density at radius 3 is 2.94 bits per heavy atom. The lowest BCUT2D eigenvalue weighted by atomic mass is 10.4. The van der Waals surface area contributed by atoms with E-state index in [0.717, 1.165) is 6.42 Å². The van der Waals surface area contributed by atoms with Crippen LogP contribution in [0.5, 0.6) is 0 Å². The van der Waals surface area contributed by atoms with E-state index in [1.54, 1.807) is 11.9 Å². The lowest BCUT2D eigenvalue weighted by molar-refractivity contribution is -0.118. The zero-order valence-corrected chi connectivity index (χ0v) is 9.49. The first-order valence-electron chi connectivity index (χ1n) is 5.16. The van der Waals surface area contributed by atoms with E-state index in [4.69, 9.17) is 0 Å². The minimum absolute atomic E-state index is 0.153. The molecule has 0 bridgehead atoms. The summed E-state index contributed by atoms with van der Waals surface area (Å²) in [6.45, 7) is 2.70. The van der Waals surface area contributed by atoms with Crippen molar-refractivity contribution in [1.82, 2.24) is 15.5 Å². The van der Waals surface area contributed by atoms with Crippen LogP contribution in [0.25, 0.3) is 0 Å². The number of aliphatic imine (C=N–C) groups is 1. The van der Waals surface area contributed by atoms with Gasteiger partial charge >= 0.3 is 6.03 Å². The molecule has 2 N–H and O–H groups in total. The maximum atomic E-state index is 11.3. The summed E-state index contributed by atoms with van der Waals surface area (Å²) >= 11 is 0. The fourth-order valence-corrected chi connectivity index (χ4v) is 1.20. The van der Waals surface area contributed by atoms with Gasteiger partial charge in [-0.25, -0.2) is 4.79 Å². The summed E-state index contributed by atoms with van der Waals surface area (Å²) in [7, 11) is 1.70. The molecule has 0 aromatic rings. The van der Waals surface area contributed by atoms with Crippen molar-refractivity contribution in [3.8, 4) is 0 Å². The van der Waals surface area contributed by atoms with E-state index >= 15 is 0 Å². The number of hydrogen-bond donors (Lipinski definition) is 2. The lowest BCUT2D eigenvalue weighted by Crippen LogP contribution is -2.31. The molecule has 1 fully saturated rings. The van der Waals surface area contributed by atoms with Gasteiger partial charge in [0.25, 0.3) is 0 Å². The molecule has 0 spiro atoms. The second kappa shape index (κ2) is 5.89. The number of rotatable bonds is 3. The molecule has 88 valence electrons.